The lowest BCUT2D eigenvalue weighted by atomic mass is 10.1. The monoisotopic (exact) mass is 411 g/mol. The smallest absolute Gasteiger partial charge is 0.375 e. The summed E-state index contributed by atoms with van der Waals surface area (Å²) >= 11 is 0. The van der Waals surface area contributed by atoms with Crippen LogP contribution in [-0.2, 0) is 22.6 Å². The van der Waals surface area contributed by atoms with Gasteiger partial charge in [0.1, 0.15) is 23.9 Å². The number of benzene rings is 2. The second kappa shape index (κ2) is 10.2. The van der Waals surface area contributed by atoms with Crippen molar-refractivity contribution < 1.29 is 27.9 Å². The van der Waals surface area contributed by atoms with E-state index >= 15 is 0 Å². The average molecular weight is 411 g/mol. The Bertz CT molecular complexity index is 969. The van der Waals surface area contributed by atoms with Gasteiger partial charge >= 0.3 is 5.97 Å². The molecule has 0 bridgehead atoms. The third-order valence-corrected chi connectivity index (χ3v) is 4.27. The number of rotatable bonds is 9. The molecule has 156 valence electrons. The summed E-state index contributed by atoms with van der Waals surface area (Å²) in [4.78, 5) is 24.3. The van der Waals surface area contributed by atoms with Crippen molar-refractivity contribution in [1.82, 2.24) is 5.32 Å². The molecule has 0 saturated heterocycles. The van der Waals surface area contributed by atoms with Crippen molar-refractivity contribution in [1.29, 1.82) is 0 Å². The number of nitrogens with one attached hydrogen (secondary N) is 1. The molecule has 1 atom stereocenters. The number of hydrogen-bond acceptors (Lipinski definition) is 5. The van der Waals surface area contributed by atoms with E-state index in [1.807, 2.05) is 30.3 Å². The van der Waals surface area contributed by atoms with Gasteiger partial charge in [-0.2, -0.15) is 0 Å². The maximum atomic E-state index is 12.9. The zero-order valence-corrected chi connectivity index (χ0v) is 16.5. The predicted octanol–water partition coefficient (Wildman–Crippen LogP) is 3.90. The van der Waals surface area contributed by atoms with Crippen LogP contribution in [0.25, 0.3) is 0 Å². The number of amides is 1. The van der Waals surface area contributed by atoms with E-state index in [2.05, 4.69) is 5.32 Å². The Balaban J connectivity index is 1.43. The van der Waals surface area contributed by atoms with E-state index in [0.717, 1.165) is 5.56 Å². The highest BCUT2D eigenvalue weighted by Crippen LogP contribution is 2.16. The van der Waals surface area contributed by atoms with E-state index < -0.39 is 12.1 Å². The van der Waals surface area contributed by atoms with E-state index in [0.29, 0.717) is 24.5 Å². The number of esters is 1. The van der Waals surface area contributed by atoms with Crippen molar-refractivity contribution in [2.75, 3.05) is 6.54 Å². The first-order chi connectivity index (χ1) is 14.5. The molecule has 3 aromatic rings. The maximum Gasteiger partial charge on any atom is 0.375 e. The molecule has 0 aliphatic heterocycles. The second-order valence-electron chi connectivity index (χ2n) is 6.58. The molecule has 1 unspecified atom stereocenters. The van der Waals surface area contributed by atoms with Crippen molar-refractivity contribution in [3.05, 3.63) is 89.6 Å². The van der Waals surface area contributed by atoms with E-state index in [9.17, 15) is 14.0 Å². The Kier molecular flexibility index (Phi) is 7.21. The lowest BCUT2D eigenvalue weighted by Crippen LogP contribution is -2.36. The fourth-order valence-corrected chi connectivity index (χ4v) is 2.64. The van der Waals surface area contributed by atoms with E-state index in [1.54, 1.807) is 6.07 Å². The number of carbonyl (C=O) groups is 2. The summed E-state index contributed by atoms with van der Waals surface area (Å²) in [6, 6.07) is 18.3. The Morgan fingerprint density at radius 2 is 1.77 bits per heavy atom. The standard InChI is InChI=1S/C23H22FNO5/c1-16(22(26)25-14-13-17-5-3-2-4-6-17)29-23(27)21-12-11-20(30-21)15-28-19-9-7-18(24)8-10-19/h2-12,16H,13-15H2,1H3,(H,25,26). The number of ether oxygens (including phenoxy) is 2. The number of halogens is 1. The van der Waals surface area contributed by atoms with Crippen molar-refractivity contribution >= 4 is 11.9 Å². The molecule has 0 spiro atoms. The molecule has 1 amide bonds. The van der Waals surface area contributed by atoms with Gasteiger partial charge in [-0.25, -0.2) is 9.18 Å². The molecule has 1 heterocycles. The summed E-state index contributed by atoms with van der Waals surface area (Å²) in [5.74, 6) is -0.649. The molecule has 30 heavy (non-hydrogen) atoms. The molecule has 3 rings (SSSR count). The van der Waals surface area contributed by atoms with Crippen LogP contribution in [0.5, 0.6) is 5.75 Å². The fraction of sp³-hybridized carbons (Fsp3) is 0.217. The highest BCUT2D eigenvalue weighted by molar-refractivity contribution is 5.90. The van der Waals surface area contributed by atoms with Crippen molar-refractivity contribution in [2.45, 2.75) is 26.1 Å². The van der Waals surface area contributed by atoms with Crippen LogP contribution in [-0.4, -0.2) is 24.5 Å². The van der Waals surface area contributed by atoms with Gasteiger partial charge in [-0.05, 0) is 55.3 Å². The van der Waals surface area contributed by atoms with Crippen LogP contribution >= 0.6 is 0 Å². The minimum absolute atomic E-state index is 0.0309. The molecular weight excluding hydrogens is 389 g/mol. The molecular formula is C23H22FNO5. The lowest BCUT2D eigenvalue weighted by Gasteiger charge is -2.12. The van der Waals surface area contributed by atoms with Gasteiger partial charge in [0, 0.05) is 6.54 Å². The van der Waals surface area contributed by atoms with Crippen molar-refractivity contribution in [3.8, 4) is 5.75 Å². The molecule has 2 aromatic carbocycles. The van der Waals surface area contributed by atoms with E-state index in [-0.39, 0.29) is 24.1 Å². The largest absolute Gasteiger partial charge is 0.486 e. The predicted molar refractivity (Wildman–Crippen MR) is 107 cm³/mol. The topological polar surface area (TPSA) is 77.8 Å². The van der Waals surface area contributed by atoms with Crippen LogP contribution < -0.4 is 10.1 Å². The third kappa shape index (κ3) is 6.20. The Hall–Kier alpha value is -3.61. The van der Waals surface area contributed by atoms with Gasteiger partial charge in [0.05, 0.1) is 0 Å². The Morgan fingerprint density at radius 1 is 1.03 bits per heavy atom. The van der Waals surface area contributed by atoms with Crippen LogP contribution in [0.15, 0.2) is 71.1 Å². The van der Waals surface area contributed by atoms with Gasteiger partial charge in [-0.1, -0.05) is 30.3 Å². The number of carbonyl (C=O) groups excluding carboxylic acids is 2. The first kappa shape index (κ1) is 21.1. The summed E-state index contributed by atoms with van der Waals surface area (Å²) in [5.41, 5.74) is 1.11. The van der Waals surface area contributed by atoms with Crippen LogP contribution in [0.4, 0.5) is 4.39 Å². The lowest BCUT2D eigenvalue weighted by molar-refractivity contribution is -0.129. The molecule has 0 saturated carbocycles. The second-order valence-corrected chi connectivity index (χ2v) is 6.58. The van der Waals surface area contributed by atoms with Crippen LogP contribution in [0.2, 0.25) is 0 Å². The minimum atomic E-state index is -0.961. The third-order valence-electron chi connectivity index (χ3n) is 4.27. The van der Waals surface area contributed by atoms with Gasteiger partial charge in [0.15, 0.2) is 6.10 Å². The highest BCUT2D eigenvalue weighted by atomic mass is 19.1. The Morgan fingerprint density at radius 3 is 2.50 bits per heavy atom. The van der Waals surface area contributed by atoms with Crippen LogP contribution in [0.3, 0.4) is 0 Å². The Labute approximate surface area is 173 Å². The quantitative estimate of drug-likeness (QED) is 0.541. The molecule has 7 heteroatoms. The molecule has 0 fully saturated rings. The first-order valence-corrected chi connectivity index (χ1v) is 9.51. The number of furan rings is 1. The maximum absolute atomic E-state index is 12.9. The molecule has 1 N–H and O–H groups in total. The van der Waals surface area contributed by atoms with Gasteiger partial charge in [-0.15, -0.1) is 0 Å². The SMILES string of the molecule is CC(OC(=O)c1ccc(COc2ccc(F)cc2)o1)C(=O)NCCc1ccccc1. The van der Waals surface area contributed by atoms with Crippen LogP contribution in [0, 0.1) is 5.82 Å². The van der Waals surface area contributed by atoms with Gasteiger partial charge < -0.3 is 19.2 Å². The fourth-order valence-electron chi connectivity index (χ4n) is 2.64. The summed E-state index contributed by atoms with van der Waals surface area (Å²) in [6.45, 7) is 2.00. The van der Waals surface area contributed by atoms with Crippen molar-refractivity contribution in [3.63, 3.8) is 0 Å². The summed E-state index contributed by atoms with van der Waals surface area (Å²) in [7, 11) is 0. The van der Waals surface area contributed by atoms with Gasteiger partial charge in [0.25, 0.3) is 5.91 Å². The minimum Gasteiger partial charge on any atom is -0.486 e. The molecule has 0 radical (unpaired) electrons. The summed E-state index contributed by atoms with van der Waals surface area (Å²) in [5, 5.41) is 2.74. The zero-order valence-electron chi connectivity index (χ0n) is 16.5. The summed E-state index contributed by atoms with van der Waals surface area (Å²) < 4.78 is 28.9. The van der Waals surface area contributed by atoms with E-state index in [1.165, 1.54) is 37.3 Å². The van der Waals surface area contributed by atoms with Gasteiger partial charge in [-0.3, -0.25) is 4.79 Å². The van der Waals surface area contributed by atoms with E-state index in [4.69, 9.17) is 13.9 Å². The van der Waals surface area contributed by atoms with Crippen molar-refractivity contribution in [2.24, 2.45) is 0 Å². The zero-order chi connectivity index (χ0) is 21.3. The van der Waals surface area contributed by atoms with Gasteiger partial charge in [0.2, 0.25) is 5.76 Å². The molecule has 0 aliphatic carbocycles. The molecule has 0 aliphatic rings. The molecule has 1 aromatic heterocycles. The normalized spacial score (nSPS) is 11.5. The average Bonchev–Trinajstić information content (AvgIpc) is 3.23. The highest BCUT2D eigenvalue weighted by Gasteiger charge is 2.21. The summed E-state index contributed by atoms with van der Waals surface area (Å²) in [6.07, 6.45) is -0.277. The molecule has 6 nitrogen and oxygen atoms in total. The van der Waals surface area contributed by atoms with Crippen LogP contribution in [0.1, 0.15) is 28.8 Å². The number of hydrogen-bond donors (Lipinski definition) is 1. The first-order valence-electron chi connectivity index (χ1n) is 9.51.